The second-order valence-corrected chi connectivity index (χ2v) is 8.87. The van der Waals surface area contributed by atoms with Crippen LogP contribution in [0.4, 0.5) is 0 Å². The van der Waals surface area contributed by atoms with Gasteiger partial charge in [0.2, 0.25) is 0 Å². The molecule has 32 heavy (non-hydrogen) atoms. The fourth-order valence-corrected chi connectivity index (χ4v) is 5.47. The van der Waals surface area contributed by atoms with E-state index in [1.54, 1.807) is 14.2 Å². The van der Waals surface area contributed by atoms with Crippen LogP contribution >= 0.6 is 11.3 Å². The van der Waals surface area contributed by atoms with E-state index in [9.17, 15) is 4.79 Å². The first-order valence-electron chi connectivity index (χ1n) is 10.6. The SMILES string of the molecule is COc1cc2c(cc1OC)C(C)N(Cc1nc3scc(-c4ccccc4)c3c(=O)[nH]1)CC2. The molecule has 4 aromatic rings. The summed E-state index contributed by atoms with van der Waals surface area (Å²) in [6, 6.07) is 14.3. The van der Waals surface area contributed by atoms with E-state index in [-0.39, 0.29) is 11.6 Å². The lowest BCUT2D eigenvalue weighted by atomic mass is 9.93. The number of ether oxygens (including phenoxy) is 2. The van der Waals surface area contributed by atoms with E-state index in [4.69, 9.17) is 14.5 Å². The quantitative estimate of drug-likeness (QED) is 0.477. The summed E-state index contributed by atoms with van der Waals surface area (Å²) in [7, 11) is 3.32. The molecule has 1 N–H and O–H groups in total. The van der Waals surface area contributed by atoms with Crippen LogP contribution in [0, 0.1) is 0 Å². The van der Waals surface area contributed by atoms with E-state index in [1.165, 1.54) is 22.5 Å². The number of benzene rings is 2. The van der Waals surface area contributed by atoms with E-state index in [1.807, 2.05) is 35.7 Å². The number of rotatable bonds is 5. The van der Waals surface area contributed by atoms with Crippen LogP contribution in [0.15, 0.2) is 52.6 Å². The fourth-order valence-electron chi connectivity index (χ4n) is 4.50. The third-order valence-electron chi connectivity index (χ3n) is 6.24. The van der Waals surface area contributed by atoms with E-state index < -0.39 is 0 Å². The summed E-state index contributed by atoms with van der Waals surface area (Å²) in [4.78, 5) is 23.9. The Balaban J connectivity index is 1.45. The largest absolute Gasteiger partial charge is 0.493 e. The van der Waals surface area contributed by atoms with Gasteiger partial charge in [0.1, 0.15) is 10.7 Å². The summed E-state index contributed by atoms with van der Waals surface area (Å²) >= 11 is 1.52. The van der Waals surface area contributed by atoms with Gasteiger partial charge in [0.25, 0.3) is 5.56 Å². The summed E-state index contributed by atoms with van der Waals surface area (Å²) in [5.74, 6) is 2.19. The molecule has 7 heteroatoms. The Hall–Kier alpha value is -3.16. The Kier molecular flexibility index (Phi) is 5.45. The molecule has 0 fully saturated rings. The average Bonchev–Trinajstić information content (AvgIpc) is 3.25. The molecule has 0 aliphatic carbocycles. The molecule has 1 aliphatic heterocycles. The van der Waals surface area contributed by atoms with Crippen LogP contribution in [-0.4, -0.2) is 35.6 Å². The number of hydrogen-bond donors (Lipinski definition) is 1. The minimum absolute atomic E-state index is 0.0819. The zero-order valence-corrected chi connectivity index (χ0v) is 19.2. The molecular formula is C25H25N3O3S. The topological polar surface area (TPSA) is 67.5 Å². The Morgan fingerprint density at radius 2 is 1.91 bits per heavy atom. The summed E-state index contributed by atoms with van der Waals surface area (Å²) in [6.07, 6.45) is 0.906. The number of nitrogens with one attached hydrogen (secondary N) is 1. The second-order valence-electron chi connectivity index (χ2n) is 8.01. The van der Waals surface area contributed by atoms with Crippen molar-refractivity contribution in [1.82, 2.24) is 14.9 Å². The van der Waals surface area contributed by atoms with Crippen LogP contribution in [0.25, 0.3) is 21.3 Å². The van der Waals surface area contributed by atoms with Crippen molar-refractivity contribution in [2.75, 3.05) is 20.8 Å². The van der Waals surface area contributed by atoms with Crippen LogP contribution in [0.2, 0.25) is 0 Å². The predicted molar refractivity (Wildman–Crippen MR) is 128 cm³/mol. The van der Waals surface area contributed by atoms with Gasteiger partial charge >= 0.3 is 0 Å². The van der Waals surface area contributed by atoms with Crippen LogP contribution in [0.5, 0.6) is 11.5 Å². The molecule has 0 saturated carbocycles. The Bertz CT molecular complexity index is 1330. The van der Waals surface area contributed by atoms with Crippen LogP contribution in [0.1, 0.15) is 29.9 Å². The van der Waals surface area contributed by atoms with Crippen LogP contribution < -0.4 is 15.0 Å². The Morgan fingerprint density at radius 3 is 2.66 bits per heavy atom. The number of aromatic nitrogens is 2. The van der Waals surface area contributed by atoms with Crippen molar-refractivity contribution in [3.63, 3.8) is 0 Å². The van der Waals surface area contributed by atoms with Crippen LogP contribution in [0.3, 0.4) is 0 Å². The Labute approximate surface area is 190 Å². The molecule has 164 valence electrons. The summed E-state index contributed by atoms with van der Waals surface area (Å²) in [6.45, 7) is 3.64. The number of H-pyrrole nitrogens is 1. The number of fused-ring (bicyclic) bond motifs is 2. The van der Waals surface area contributed by atoms with Gasteiger partial charge in [-0.05, 0) is 42.2 Å². The van der Waals surface area contributed by atoms with Crippen molar-refractivity contribution >= 4 is 21.6 Å². The van der Waals surface area contributed by atoms with E-state index in [0.717, 1.165) is 40.4 Å². The van der Waals surface area contributed by atoms with Crippen molar-refractivity contribution in [2.24, 2.45) is 0 Å². The fraction of sp³-hybridized carbons (Fsp3) is 0.280. The summed E-state index contributed by atoms with van der Waals surface area (Å²) < 4.78 is 11.0. The van der Waals surface area contributed by atoms with Crippen molar-refractivity contribution < 1.29 is 9.47 Å². The van der Waals surface area contributed by atoms with Gasteiger partial charge in [-0.2, -0.15) is 0 Å². The van der Waals surface area contributed by atoms with Gasteiger partial charge < -0.3 is 14.5 Å². The van der Waals surface area contributed by atoms with Gasteiger partial charge in [0, 0.05) is 23.5 Å². The maximum Gasteiger partial charge on any atom is 0.260 e. The first-order valence-corrected chi connectivity index (χ1v) is 11.5. The first kappa shape index (κ1) is 20.7. The lowest BCUT2D eigenvalue weighted by Crippen LogP contribution is -2.34. The van der Waals surface area contributed by atoms with Gasteiger partial charge in [-0.25, -0.2) is 4.98 Å². The van der Waals surface area contributed by atoms with Gasteiger partial charge in [0.15, 0.2) is 11.5 Å². The second kappa shape index (κ2) is 8.41. The molecule has 0 saturated heterocycles. The zero-order valence-electron chi connectivity index (χ0n) is 18.3. The highest BCUT2D eigenvalue weighted by molar-refractivity contribution is 7.17. The maximum atomic E-state index is 13.0. The smallest absolute Gasteiger partial charge is 0.260 e. The average molecular weight is 448 g/mol. The van der Waals surface area contributed by atoms with Gasteiger partial charge in [-0.1, -0.05) is 30.3 Å². The third-order valence-corrected chi connectivity index (χ3v) is 7.11. The third kappa shape index (κ3) is 3.57. The molecule has 0 bridgehead atoms. The number of methoxy groups -OCH3 is 2. The van der Waals surface area contributed by atoms with E-state index in [0.29, 0.717) is 17.8 Å². The molecule has 1 unspecified atom stereocenters. The highest BCUT2D eigenvalue weighted by Crippen LogP contribution is 2.38. The van der Waals surface area contributed by atoms with E-state index >= 15 is 0 Å². The normalized spacial score (nSPS) is 16.2. The molecule has 0 spiro atoms. The zero-order chi connectivity index (χ0) is 22.2. The molecule has 2 aromatic heterocycles. The lowest BCUT2D eigenvalue weighted by molar-refractivity contribution is 0.184. The highest BCUT2D eigenvalue weighted by atomic mass is 32.1. The number of thiophene rings is 1. The minimum atomic E-state index is -0.0819. The van der Waals surface area contributed by atoms with Crippen molar-refractivity contribution in [2.45, 2.75) is 25.9 Å². The molecule has 3 heterocycles. The van der Waals surface area contributed by atoms with Crippen molar-refractivity contribution in [3.05, 3.63) is 75.1 Å². The number of nitrogens with zero attached hydrogens (tertiary/aromatic N) is 2. The van der Waals surface area contributed by atoms with Crippen LogP contribution in [-0.2, 0) is 13.0 Å². The molecule has 1 aliphatic rings. The summed E-state index contributed by atoms with van der Waals surface area (Å²) in [5, 5.41) is 2.68. The Morgan fingerprint density at radius 1 is 1.16 bits per heavy atom. The molecule has 5 rings (SSSR count). The van der Waals surface area contributed by atoms with Crippen molar-refractivity contribution in [3.8, 4) is 22.6 Å². The highest BCUT2D eigenvalue weighted by Gasteiger charge is 2.27. The van der Waals surface area contributed by atoms with E-state index in [2.05, 4.69) is 28.9 Å². The number of hydrogen-bond acceptors (Lipinski definition) is 6. The predicted octanol–water partition coefficient (Wildman–Crippen LogP) is 4.79. The molecule has 6 nitrogen and oxygen atoms in total. The monoisotopic (exact) mass is 447 g/mol. The molecule has 2 aromatic carbocycles. The maximum absolute atomic E-state index is 13.0. The standard InChI is InChI=1S/C25H25N3O3S/c1-15-18-12-21(31-3)20(30-2)11-17(18)9-10-28(15)13-22-26-24(29)23-19(14-32-25(23)27-22)16-7-5-4-6-8-16/h4-8,11-12,14-15H,9-10,13H2,1-3H3,(H,26,27,29). The molecule has 1 atom stereocenters. The molecule has 0 amide bonds. The van der Waals surface area contributed by atoms with Gasteiger partial charge in [-0.15, -0.1) is 11.3 Å². The van der Waals surface area contributed by atoms with Crippen molar-refractivity contribution in [1.29, 1.82) is 0 Å². The summed E-state index contributed by atoms with van der Waals surface area (Å²) in [5.41, 5.74) is 4.38. The minimum Gasteiger partial charge on any atom is -0.493 e. The van der Waals surface area contributed by atoms with Gasteiger partial charge in [-0.3, -0.25) is 9.69 Å². The lowest BCUT2D eigenvalue weighted by Gasteiger charge is -2.35. The number of aromatic amines is 1. The first-order chi connectivity index (χ1) is 15.6. The molecule has 0 radical (unpaired) electrons. The van der Waals surface area contributed by atoms with Gasteiger partial charge in [0.05, 0.1) is 26.2 Å². The molecular weight excluding hydrogens is 422 g/mol.